The molecule has 326 valence electrons. The molecule has 0 saturated carbocycles. The average molecular weight is 806 g/mol. The molecule has 1 amide bonds. The van der Waals surface area contributed by atoms with E-state index in [1.54, 1.807) is 12.2 Å². The van der Waals surface area contributed by atoms with Crippen molar-refractivity contribution >= 4 is 17.5 Å². The molecule has 2 aliphatic rings. The largest absolute Gasteiger partial charge is 0.353 e. The zero-order chi connectivity index (χ0) is 43.8. The van der Waals surface area contributed by atoms with Gasteiger partial charge in [-0.25, -0.2) is 0 Å². The number of carbonyl (C=O) groups excluding carboxylic acids is 3. The van der Waals surface area contributed by atoms with Gasteiger partial charge in [0.1, 0.15) is 5.78 Å². The summed E-state index contributed by atoms with van der Waals surface area (Å²) in [6.45, 7) is 24.7. The number of hydrogen-bond donors (Lipinski definition) is 1. The van der Waals surface area contributed by atoms with Crippen LogP contribution in [0.1, 0.15) is 185 Å². The van der Waals surface area contributed by atoms with Crippen LogP contribution in [0.3, 0.4) is 0 Å². The molecule has 59 heavy (non-hydrogen) atoms. The van der Waals surface area contributed by atoms with Gasteiger partial charge in [0.25, 0.3) is 0 Å². The molecule has 0 aliphatic heterocycles. The minimum atomic E-state index is -0.288. The third-order valence-electron chi connectivity index (χ3n) is 12.3. The summed E-state index contributed by atoms with van der Waals surface area (Å²) in [5.41, 5.74) is 10.4. The van der Waals surface area contributed by atoms with Gasteiger partial charge in [0.05, 0.1) is 0 Å². The second kappa shape index (κ2) is 27.1. The zero-order valence-electron chi connectivity index (χ0n) is 39.5. The Morgan fingerprint density at radius 1 is 0.644 bits per heavy atom. The van der Waals surface area contributed by atoms with Crippen LogP contribution in [-0.2, 0) is 14.4 Å². The third-order valence-corrected chi connectivity index (χ3v) is 12.3. The fourth-order valence-electron chi connectivity index (χ4n) is 8.56. The third kappa shape index (κ3) is 20.8. The van der Waals surface area contributed by atoms with Gasteiger partial charge in [-0.3, -0.25) is 14.4 Å². The maximum atomic E-state index is 13.4. The molecular formula is C55H83NO3. The monoisotopic (exact) mass is 806 g/mol. The molecule has 0 aromatic rings. The highest BCUT2D eigenvalue weighted by Gasteiger charge is 2.27. The second-order valence-electron chi connectivity index (χ2n) is 19.0. The van der Waals surface area contributed by atoms with Crippen molar-refractivity contribution in [2.45, 2.75) is 185 Å². The van der Waals surface area contributed by atoms with Crippen LogP contribution in [0.15, 0.2) is 117 Å². The summed E-state index contributed by atoms with van der Waals surface area (Å²) < 4.78 is 0. The Kier molecular flexibility index (Phi) is 23.6. The van der Waals surface area contributed by atoms with Crippen molar-refractivity contribution in [2.75, 3.05) is 6.54 Å². The van der Waals surface area contributed by atoms with Gasteiger partial charge in [-0.1, -0.05) is 156 Å². The maximum Gasteiger partial charge on any atom is 0.244 e. The number of Topliss-reactive ketones (excluding diaryl/α,β-unsaturated/α-hetero) is 1. The normalized spacial score (nSPS) is 18.9. The molecule has 1 N–H and O–H groups in total. The lowest BCUT2D eigenvalue weighted by atomic mass is 9.72. The number of amides is 1. The van der Waals surface area contributed by atoms with E-state index in [9.17, 15) is 14.4 Å². The summed E-state index contributed by atoms with van der Waals surface area (Å²) in [6, 6.07) is 0. The number of hydrogen-bond acceptors (Lipinski definition) is 3. The van der Waals surface area contributed by atoms with Crippen LogP contribution in [0.2, 0.25) is 0 Å². The van der Waals surface area contributed by atoms with Crippen molar-refractivity contribution in [3.05, 3.63) is 117 Å². The molecule has 2 aliphatic carbocycles. The Hall–Kier alpha value is -3.79. The quantitative estimate of drug-likeness (QED) is 0.0568. The zero-order valence-corrected chi connectivity index (χ0v) is 39.5. The van der Waals surface area contributed by atoms with E-state index in [-0.39, 0.29) is 40.6 Å². The molecule has 0 radical (unpaired) electrons. The first-order chi connectivity index (χ1) is 27.9. The number of rotatable bonds is 25. The highest BCUT2D eigenvalue weighted by atomic mass is 16.1. The predicted octanol–water partition coefficient (Wildman–Crippen LogP) is 15.2. The minimum absolute atomic E-state index is 0.000300. The Balaban J connectivity index is 1.92. The van der Waals surface area contributed by atoms with Crippen LogP contribution < -0.4 is 5.32 Å². The summed E-state index contributed by atoms with van der Waals surface area (Å²) in [4.78, 5) is 39.3. The molecule has 0 bridgehead atoms. The van der Waals surface area contributed by atoms with Crippen molar-refractivity contribution < 1.29 is 14.4 Å². The molecule has 0 fully saturated rings. The molecule has 0 saturated heterocycles. The van der Waals surface area contributed by atoms with Crippen molar-refractivity contribution in [3.63, 3.8) is 0 Å². The minimum Gasteiger partial charge on any atom is -0.353 e. The Labute approximate surface area is 362 Å². The number of carbonyl (C=O) groups is 3. The molecule has 1 atom stereocenters. The Bertz CT molecular complexity index is 1710. The van der Waals surface area contributed by atoms with E-state index in [0.717, 1.165) is 48.8 Å². The standard InChI is InChI=1S/C55H83NO3/c1-12-13-14-15-16-17-31-52(58)48(41-49(57)39-44(4)26-20-24-42(2)32-34-50-46(6)28-22-36-54(50,8)9)30-18-19-38-56-53(59)40-45(5)27-21-25-43(3)33-35-51-47(7)29-23-37-55(51,10)11/h20-21,24-27,32-35,39-40,48H,12-19,22-23,28-31,36-38,41H2,1-11H3,(H,56,59)/b26-20+,27-21+,34-32+,35-33+,42-24+,43-25+,44-39+,45-40+. The first kappa shape index (κ1) is 51.4. The summed E-state index contributed by atoms with van der Waals surface area (Å²) in [5.74, 6) is -0.202. The van der Waals surface area contributed by atoms with Gasteiger partial charge in [0.2, 0.25) is 5.91 Å². The van der Waals surface area contributed by atoms with E-state index >= 15 is 0 Å². The second-order valence-corrected chi connectivity index (χ2v) is 19.0. The van der Waals surface area contributed by atoms with Crippen LogP contribution in [0.4, 0.5) is 0 Å². The van der Waals surface area contributed by atoms with Gasteiger partial charge < -0.3 is 5.32 Å². The molecule has 1 unspecified atom stereocenters. The summed E-state index contributed by atoms with van der Waals surface area (Å²) in [7, 11) is 0. The molecule has 2 rings (SSSR count). The summed E-state index contributed by atoms with van der Waals surface area (Å²) >= 11 is 0. The van der Waals surface area contributed by atoms with Gasteiger partial charge in [0, 0.05) is 31.4 Å². The topological polar surface area (TPSA) is 63.2 Å². The molecule has 4 nitrogen and oxygen atoms in total. The molecule has 0 spiro atoms. The van der Waals surface area contributed by atoms with Crippen LogP contribution in [0, 0.1) is 16.7 Å². The fraction of sp³-hybridized carbons (Fsp3) is 0.582. The van der Waals surface area contributed by atoms with Gasteiger partial charge in [0.15, 0.2) is 5.78 Å². The van der Waals surface area contributed by atoms with Gasteiger partial charge >= 0.3 is 0 Å². The van der Waals surface area contributed by atoms with E-state index in [1.165, 1.54) is 85.7 Å². The number of ketones is 2. The number of allylic oxidation sites excluding steroid dienone is 19. The summed E-state index contributed by atoms with van der Waals surface area (Å²) in [6.07, 6.45) is 41.4. The Morgan fingerprint density at radius 3 is 1.68 bits per heavy atom. The van der Waals surface area contributed by atoms with Gasteiger partial charge in [-0.2, -0.15) is 0 Å². The first-order valence-electron chi connectivity index (χ1n) is 23.1. The summed E-state index contributed by atoms with van der Waals surface area (Å²) in [5, 5.41) is 3.01. The molecule has 0 aromatic heterocycles. The molecular weight excluding hydrogens is 723 g/mol. The van der Waals surface area contributed by atoms with Crippen LogP contribution in [-0.4, -0.2) is 24.0 Å². The van der Waals surface area contributed by atoms with Crippen molar-refractivity contribution in [3.8, 4) is 0 Å². The maximum absolute atomic E-state index is 13.4. The van der Waals surface area contributed by atoms with E-state index in [0.29, 0.717) is 19.4 Å². The van der Waals surface area contributed by atoms with E-state index in [2.05, 4.69) is 104 Å². The van der Waals surface area contributed by atoms with Gasteiger partial charge in [-0.05, 0) is 139 Å². The van der Waals surface area contributed by atoms with Crippen molar-refractivity contribution in [1.82, 2.24) is 5.32 Å². The van der Waals surface area contributed by atoms with Gasteiger partial charge in [-0.15, -0.1) is 0 Å². The fourth-order valence-corrected chi connectivity index (χ4v) is 8.56. The smallest absolute Gasteiger partial charge is 0.244 e. The van der Waals surface area contributed by atoms with Crippen molar-refractivity contribution in [2.24, 2.45) is 16.7 Å². The average Bonchev–Trinajstić information content (AvgIpc) is 3.14. The first-order valence-corrected chi connectivity index (χ1v) is 23.1. The number of unbranched alkanes of at least 4 members (excludes halogenated alkanes) is 6. The van der Waals surface area contributed by atoms with E-state index in [4.69, 9.17) is 0 Å². The highest BCUT2D eigenvalue weighted by molar-refractivity contribution is 5.94. The number of nitrogens with one attached hydrogen (secondary N) is 1. The molecule has 0 aromatic carbocycles. The Morgan fingerprint density at radius 2 is 1.15 bits per heavy atom. The van der Waals surface area contributed by atoms with Crippen molar-refractivity contribution in [1.29, 1.82) is 0 Å². The van der Waals surface area contributed by atoms with E-state index < -0.39 is 0 Å². The van der Waals surface area contributed by atoms with Crippen LogP contribution >= 0.6 is 0 Å². The lowest BCUT2D eigenvalue weighted by molar-refractivity contribution is -0.126. The predicted molar refractivity (Wildman–Crippen MR) is 255 cm³/mol. The van der Waals surface area contributed by atoms with Crippen LogP contribution in [0.25, 0.3) is 0 Å². The van der Waals surface area contributed by atoms with Crippen LogP contribution in [0.5, 0.6) is 0 Å². The highest BCUT2D eigenvalue weighted by Crippen LogP contribution is 2.42. The SMILES string of the molecule is CCCCCCCCC(=O)C(CCCCNC(=O)/C=C(C)/C=C/C=C(C)/C=C/C1=C(C)CCCC1(C)C)CC(=O)/C=C(C)/C=C/C=C(C)/C=C/C1=C(C)CCCC1(C)C. The lowest BCUT2D eigenvalue weighted by Crippen LogP contribution is -2.23. The van der Waals surface area contributed by atoms with E-state index in [1.807, 2.05) is 38.2 Å². The lowest BCUT2D eigenvalue weighted by Gasteiger charge is -2.33. The molecule has 0 heterocycles. The molecule has 4 heteroatoms.